The number of carbonyl (C=O) groups is 1. The van der Waals surface area contributed by atoms with Gasteiger partial charge in [0.15, 0.2) is 0 Å². The molecule has 1 aliphatic heterocycles. The number of aliphatic hydroxyl groups excluding tert-OH is 1. The highest BCUT2D eigenvalue weighted by Crippen LogP contribution is 2.16. The Balaban J connectivity index is 1.79. The van der Waals surface area contributed by atoms with Crippen LogP contribution >= 0.6 is 11.8 Å². The zero-order chi connectivity index (χ0) is 15.2. The smallest absolute Gasteiger partial charge is 0.232 e. The van der Waals surface area contributed by atoms with Crippen molar-refractivity contribution in [3.05, 3.63) is 35.4 Å². The molecule has 0 bridgehead atoms. The molecule has 0 radical (unpaired) electrons. The van der Waals surface area contributed by atoms with E-state index >= 15 is 0 Å². The van der Waals surface area contributed by atoms with E-state index < -0.39 is 0 Å². The number of nitrogens with zero attached hydrogens (tertiary/aromatic N) is 1. The summed E-state index contributed by atoms with van der Waals surface area (Å²) in [6.45, 7) is 5.07. The number of morpholine rings is 1. The second-order valence-corrected chi connectivity index (χ2v) is 6.52. The highest BCUT2D eigenvalue weighted by Gasteiger charge is 2.27. The molecule has 1 aliphatic rings. The first-order valence-electron chi connectivity index (χ1n) is 7.26. The van der Waals surface area contributed by atoms with Crippen molar-refractivity contribution in [1.29, 1.82) is 0 Å². The van der Waals surface area contributed by atoms with Gasteiger partial charge < -0.3 is 14.7 Å². The number of aryl methyl sites for hydroxylation is 1. The van der Waals surface area contributed by atoms with Crippen LogP contribution in [0.1, 0.15) is 18.1 Å². The lowest BCUT2D eigenvalue weighted by atomic mass is 10.2. The lowest BCUT2D eigenvalue weighted by Gasteiger charge is -2.36. The summed E-state index contributed by atoms with van der Waals surface area (Å²) in [6, 6.07) is 8.35. The van der Waals surface area contributed by atoms with Crippen LogP contribution in [0.3, 0.4) is 0 Å². The molecule has 2 atom stereocenters. The summed E-state index contributed by atoms with van der Waals surface area (Å²) in [4.78, 5) is 14.0. The summed E-state index contributed by atoms with van der Waals surface area (Å²) >= 11 is 1.63. The normalized spacial score (nSPS) is 22.3. The largest absolute Gasteiger partial charge is 0.394 e. The van der Waals surface area contributed by atoms with Crippen molar-refractivity contribution in [1.82, 2.24) is 4.90 Å². The van der Waals surface area contributed by atoms with Crippen LogP contribution < -0.4 is 0 Å². The van der Waals surface area contributed by atoms with Gasteiger partial charge in [0.25, 0.3) is 0 Å². The van der Waals surface area contributed by atoms with Crippen molar-refractivity contribution in [2.24, 2.45) is 0 Å². The fraction of sp³-hybridized carbons (Fsp3) is 0.562. The van der Waals surface area contributed by atoms with Gasteiger partial charge in [0, 0.05) is 18.8 Å². The molecule has 1 amide bonds. The van der Waals surface area contributed by atoms with Crippen LogP contribution in [0.15, 0.2) is 24.3 Å². The minimum atomic E-state index is -0.250. The summed E-state index contributed by atoms with van der Waals surface area (Å²) in [5.74, 6) is 1.44. The van der Waals surface area contributed by atoms with Crippen LogP contribution in [-0.4, -0.2) is 53.6 Å². The molecule has 1 fully saturated rings. The summed E-state index contributed by atoms with van der Waals surface area (Å²) in [5, 5.41) is 9.19. The molecule has 2 rings (SSSR count). The summed E-state index contributed by atoms with van der Waals surface area (Å²) in [5.41, 5.74) is 2.49. The van der Waals surface area contributed by atoms with E-state index in [-0.39, 0.29) is 24.7 Å². The molecule has 1 aromatic rings. The van der Waals surface area contributed by atoms with Crippen LogP contribution in [-0.2, 0) is 15.3 Å². The van der Waals surface area contributed by atoms with E-state index in [0.29, 0.717) is 18.8 Å². The molecule has 116 valence electrons. The van der Waals surface area contributed by atoms with E-state index in [1.165, 1.54) is 11.1 Å². The Labute approximate surface area is 130 Å². The van der Waals surface area contributed by atoms with E-state index in [9.17, 15) is 9.90 Å². The monoisotopic (exact) mass is 309 g/mol. The minimum absolute atomic E-state index is 0.0124. The highest BCUT2D eigenvalue weighted by atomic mass is 32.2. The molecule has 0 spiro atoms. The summed E-state index contributed by atoms with van der Waals surface area (Å²) in [7, 11) is 0. The second kappa shape index (κ2) is 7.82. The fourth-order valence-corrected chi connectivity index (χ4v) is 3.37. The van der Waals surface area contributed by atoms with Gasteiger partial charge in [-0.2, -0.15) is 0 Å². The zero-order valence-corrected chi connectivity index (χ0v) is 13.4. The van der Waals surface area contributed by atoms with E-state index in [1.54, 1.807) is 16.7 Å². The first-order valence-corrected chi connectivity index (χ1v) is 8.41. The molecule has 1 N–H and O–H groups in total. The Bertz CT molecular complexity index is 480. The first kappa shape index (κ1) is 16.3. The lowest BCUT2D eigenvalue weighted by Crippen LogP contribution is -2.50. The van der Waals surface area contributed by atoms with Crippen LogP contribution in [0.4, 0.5) is 0 Å². The first-order chi connectivity index (χ1) is 10.1. The Morgan fingerprint density at radius 1 is 1.48 bits per heavy atom. The number of ether oxygens (including phenoxy) is 1. The van der Waals surface area contributed by atoms with Gasteiger partial charge in [-0.15, -0.1) is 11.8 Å². The molecule has 21 heavy (non-hydrogen) atoms. The molecule has 0 saturated carbocycles. The maximum absolute atomic E-state index is 12.2. The number of rotatable bonds is 5. The van der Waals surface area contributed by atoms with E-state index in [2.05, 4.69) is 25.1 Å². The predicted octanol–water partition coefficient (Wildman–Crippen LogP) is 1.84. The van der Waals surface area contributed by atoms with Gasteiger partial charge in [-0.05, 0) is 19.4 Å². The highest BCUT2D eigenvalue weighted by molar-refractivity contribution is 7.99. The molecule has 1 aromatic carbocycles. The van der Waals surface area contributed by atoms with Crippen molar-refractivity contribution >= 4 is 17.7 Å². The zero-order valence-electron chi connectivity index (χ0n) is 12.6. The number of thioether (sulfide) groups is 1. The van der Waals surface area contributed by atoms with Gasteiger partial charge in [-0.1, -0.05) is 29.8 Å². The number of carbonyl (C=O) groups excluding carboxylic acids is 1. The molecular weight excluding hydrogens is 286 g/mol. The maximum atomic E-state index is 12.2. The van der Waals surface area contributed by atoms with Gasteiger partial charge in [-0.25, -0.2) is 0 Å². The molecule has 1 saturated heterocycles. The van der Waals surface area contributed by atoms with Crippen molar-refractivity contribution in [2.45, 2.75) is 31.8 Å². The van der Waals surface area contributed by atoms with Crippen LogP contribution in [0.5, 0.6) is 0 Å². The number of hydrogen-bond acceptors (Lipinski definition) is 4. The Hall–Kier alpha value is -1.04. The second-order valence-electron chi connectivity index (χ2n) is 5.53. The van der Waals surface area contributed by atoms with E-state index in [1.807, 2.05) is 13.0 Å². The van der Waals surface area contributed by atoms with Crippen molar-refractivity contribution in [3.8, 4) is 0 Å². The Morgan fingerprint density at radius 2 is 2.29 bits per heavy atom. The molecule has 0 aliphatic carbocycles. The van der Waals surface area contributed by atoms with Crippen LogP contribution in [0.25, 0.3) is 0 Å². The van der Waals surface area contributed by atoms with Gasteiger partial charge in [0.2, 0.25) is 5.91 Å². The third-order valence-electron chi connectivity index (χ3n) is 3.46. The molecule has 4 nitrogen and oxygen atoms in total. The average Bonchev–Trinajstić information content (AvgIpc) is 2.46. The van der Waals surface area contributed by atoms with E-state index in [0.717, 1.165) is 5.75 Å². The predicted molar refractivity (Wildman–Crippen MR) is 85.3 cm³/mol. The van der Waals surface area contributed by atoms with Crippen LogP contribution in [0.2, 0.25) is 0 Å². The Kier molecular flexibility index (Phi) is 6.08. The fourth-order valence-electron chi connectivity index (χ4n) is 2.50. The van der Waals surface area contributed by atoms with Gasteiger partial charge >= 0.3 is 0 Å². The van der Waals surface area contributed by atoms with Crippen molar-refractivity contribution in [2.75, 3.05) is 25.4 Å². The number of amides is 1. The SMILES string of the molecule is Cc1cccc(CSCC(=O)N2CC(C)OC(CO)C2)c1. The van der Waals surface area contributed by atoms with Gasteiger partial charge in [0.1, 0.15) is 0 Å². The van der Waals surface area contributed by atoms with Crippen LogP contribution in [0, 0.1) is 6.92 Å². The average molecular weight is 309 g/mol. The van der Waals surface area contributed by atoms with Gasteiger partial charge in [-0.3, -0.25) is 4.79 Å². The van der Waals surface area contributed by atoms with Gasteiger partial charge in [0.05, 0.1) is 24.6 Å². The maximum Gasteiger partial charge on any atom is 0.232 e. The molecule has 2 unspecified atom stereocenters. The van der Waals surface area contributed by atoms with Crippen molar-refractivity contribution in [3.63, 3.8) is 0 Å². The van der Waals surface area contributed by atoms with Crippen molar-refractivity contribution < 1.29 is 14.6 Å². The topological polar surface area (TPSA) is 49.8 Å². The quantitative estimate of drug-likeness (QED) is 0.901. The number of aliphatic hydroxyl groups is 1. The number of hydrogen-bond donors (Lipinski definition) is 1. The minimum Gasteiger partial charge on any atom is -0.394 e. The third-order valence-corrected chi connectivity index (χ3v) is 4.45. The lowest BCUT2D eigenvalue weighted by molar-refractivity contribution is -0.144. The molecule has 1 heterocycles. The van der Waals surface area contributed by atoms with E-state index in [4.69, 9.17) is 4.74 Å². The number of benzene rings is 1. The summed E-state index contributed by atoms with van der Waals surface area (Å²) in [6.07, 6.45) is -0.263. The molecular formula is C16H23NO3S. The Morgan fingerprint density at radius 3 is 3.00 bits per heavy atom. The summed E-state index contributed by atoms with van der Waals surface area (Å²) < 4.78 is 5.55. The standard InChI is InChI=1S/C16H23NO3S/c1-12-4-3-5-14(6-12)10-21-11-16(19)17-7-13(2)20-15(8-17)9-18/h3-6,13,15,18H,7-11H2,1-2H3. The third kappa shape index (κ3) is 5.02. The molecule has 0 aromatic heterocycles. The molecule has 5 heteroatoms.